The fraction of sp³-hybridized carbons (Fsp3) is 0.125. The molecular formula is C24H19N5O3. The molecule has 1 amide bonds. The summed E-state index contributed by atoms with van der Waals surface area (Å²) in [5, 5.41) is 7.70. The van der Waals surface area contributed by atoms with E-state index >= 15 is 0 Å². The highest BCUT2D eigenvalue weighted by Gasteiger charge is 2.34. The number of nitrogens with one attached hydrogen (secondary N) is 1. The average molecular weight is 425 g/mol. The molecule has 32 heavy (non-hydrogen) atoms. The van der Waals surface area contributed by atoms with Crippen LogP contribution in [0.25, 0.3) is 5.69 Å². The Morgan fingerprint density at radius 2 is 1.69 bits per heavy atom. The first kappa shape index (κ1) is 18.4. The summed E-state index contributed by atoms with van der Waals surface area (Å²) in [6.45, 7) is 1.00. The Kier molecular flexibility index (Phi) is 4.28. The lowest BCUT2D eigenvalue weighted by Crippen LogP contribution is -2.43. The van der Waals surface area contributed by atoms with Crippen LogP contribution in [0.15, 0.2) is 79.4 Å². The number of hydrogen-bond donors (Lipinski definition) is 1. The van der Waals surface area contributed by atoms with E-state index in [-0.39, 0.29) is 5.91 Å². The highest BCUT2D eigenvalue weighted by Crippen LogP contribution is 2.40. The van der Waals surface area contributed by atoms with Gasteiger partial charge in [-0.3, -0.25) is 9.69 Å². The molecule has 0 aliphatic carbocycles. The number of para-hydroxylation sites is 1. The number of amides is 1. The molecule has 0 spiro atoms. The van der Waals surface area contributed by atoms with Crippen LogP contribution >= 0.6 is 0 Å². The lowest BCUT2D eigenvalue weighted by Gasteiger charge is -2.38. The van der Waals surface area contributed by atoms with Crippen molar-refractivity contribution in [3.63, 3.8) is 0 Å². The van der Waals surface area contributed by atoms with E-state index < -0.39 is 6.17 Å². The van der Waals surface area contributed by atoms with Crippen LogP contribution in [0.5, 0.6) is 11.5 Å². The quantitative estimate of drug-likeness (QED) is 0.538. The largest absolute Gasteiger partial charge is 0.486 e. The minimum absolute atomic E-state index is 0.0821. The lowest BCUT2D eigenvalue weighted by atomic mass is 10.0. The maximum Gasteiger partial charge on any atom is 0.262 e. The van der Waals surface area contributed by atoms with E-state index in [0.717, 1.165) is 22.6 Å². The van der Waals surface area contributed by atoms with Crippen molar-refractivity contribution < 1.29 is 14.3 Å². The third-order valence-corrected chi connectivity index (χ3v) is 5.62. The predicted octanol–water partition coefficient (Wildman–Crippen LogP) is 3.81. The second kappa shape index (κ2) is 7.42. The van der Waals surface area contributed by atoms with Gasteiger partial charge in [-0.25, -0.2) is 9.67 Å². The fourth-order valence-corrected chi connectivity index (χ4v) is 4.09. The number of ether oxygens (including phenoxy) is 2. The van der Waals surface area contributed by atoms with Gasteiger partial charge in [-0.05, 0) is 42.0 Å². The van der Waals surface area contributed by atoms with Gasteiger partial charge in [-0.1, -0.05) is 24.3 Å². The van der Waals surface area contributed by atoms with Crippen molar-refractivity contribution in [1.82, 2.24) is 14.8 Å². The Balaban J connectivity index is 1.43. The SMILES string of the molecule is O=C1c2ccccc2NC(c2ccc(-n3cncn3)cc2)N1c1ccc2c(c1)OCCO2. The third-order valence-electron chi connectivity index (χ3n) is 5.62. The van der Waals surface area contributed by atoms with Gasteiger partial charge >= 0.3 is 0 Å². The smallest absolute Gasteiger partial charge is 0.262 e. The monoisotopic (exact) mass is 425 g/mol. The summed E-state index contributed by atoms with van der Waals surface area (Å²) in [6, 6.07) is 21.0. The molecule has 1 atom stereocenters. The zero-order valence-electron chi connectivity index (χ0n) is 17.0. The summed E-state index contributed by atoms with van der Waals surface area (Å²) in [5.41, 5.74) is 3.98. The molecular weight excluding hydrogens is 406 g/mol. The molecule has 0 saturated heterocycles. The van der Waals surface area contributed by atoms with Crippen molar-refractivity contribution in [3.8, 4) is 17.2 Å². The van der Waals surface area contributed by atoms with Crippen LogP contribution in [0.2, 0.25) is 0 Å². The highest BCUT2D eigenvalue weighted by atomic mass is 16.6. The van der Waals surface area contributed by atoms with E-state index in [9.17, 15) is 4.79 Å². The molecule has 3 heterocycles. The van der Waals surface area contributed by atoms with Gasteiger partial charge in [-0.15, -0.1) is 0 Å². The number of aromatic nitrogens is 3. The number of fused-ring (bicyclic) bond motifs is 2. The number of anilines is 2. The molecule has 4 aromatic rings. The van der Waals surface area contributed by atoms with Crippen LogP contribution in [0.4, 0.5) is 11.4 Å². The molecule has 1 N–H and O–H groups in total. The van der Waals surface area contributed by atoms with Crippen molar-refractivity contribution in [1.29, 1.82) is 0 Å². The molecule has 3 aromatic carbocycles. The minimum atomic E-state index is -0.398. The molecule has 2 aliphatic heterocycles. The molecule has 8 heteroatoms. The van der Waals surface area contributed by atoms with Crippen molar-refractivity contribution in [2.45, 2.75) is 6.17 Å². The van der Waals surface area contributed by atoms with E-state index in [1.807, 2.05) is 66.7 Å². The number of nitrogens with zero attached hydrogens (tertiary/aromatic N) is 4. The number of carbonyl (C=O) groups excluding carboxylic acids is 1. The number of rotatable bonds is 3. The van der Waals surface area contributed by atoms with Gasteiger partial charge in [0.25, 0.3) is 5.91 Å². The Morgan fingerprint density at radius 3 is 2.50 bits per heavy atom. The molecule has 158 valence electrons. The summed E-state index contributed by atoms with van der Waals surface area (Å²) in [6.07, 6.45) is 2.75. The van der Waals surface area contributed by atoms with Crippen molar-refractivity contribution in [2.75, 3.05) is 23.4 Å². The third kappa shape index (κ3) is 3.04. The Labute approximate surface area is 184 Å². The van der Waals surface area contributed by atoms with Crippen molar-refractivity contribution in [2.24, 2.45) is 0 Å². The summed E-state index contributed by atoms with van der Waals surface area (Å²) in [5.74, 6) is 1.24. The fourth-order valence-electron chi connectivity index (χ4n) is 4.09. The maximum atomic E-state index is 13.6. The predicted molar refractivity (Wildman–Crippen MR) is 118 cm³/mol. The molecule has 8 nitrogen and oxygen atoms in total. The number of hydrogen-bond acceptors (Lipinski definition) is 6. The zero-order chi connectivity index (χ0) is 21.5. The van der Waals surface area contributed by atoms with E-state index in [0.29, 0.717) is 30.3 Å². The second-order valence-electron chi connectivity index (χ2n) is 7.53. The molecule has 0 bridgehead atoms. The van der Waals surface area contributed by atoms with Gasteiger partial charge < -0.3 is 14.8 Å². The van der Waals surface area contributed by atoms with E-state index in [1.54, 1.807) is 15.9 Å². The average Bonchev–Trinajstić information content (AvgIpc) is 3.39. The molecule has 0 radical (unpaired) electrons. The topological polar surface area (TPSA) is 81.5 Å². The zero-order valence-corrected chi connectivity index (χ0v) is 17.0. The number of carbonyl (C=O) groups is 1. The summed E-state index contributed by atoms with van der Waals surface area (Å²) in [4.78, 5) is 19.4. The molecule has 1 unspecified atom stereocenters. The Bertz CT molecular complexity index is 1290. The number of benzene rings is 3. The second-order valence-corrected chi connectivity index (χ2v) is 7.53. The normalized spacial score (nSPS) is 16.9. The van der Waals surface area contributed by atoms with E-state index in [2.05, 4.69) is 15.4 Å². The highest BCUT2D eigenvalue weighted by molar-refractivity contribution is 6.12. The van der Waals surface area contributed by atoms with Crippen LogP contribution in [0.1, 0.15) is 22.1 Å². The Hall–Kier alpha value is -4.33. The Morgan fingerprint density at radius 1 is 0.906 bits per heavy atom. The molecule has 0 saturated carbocycles. The van der Waals surface area contributed by atoms with Gasteiger partial charge in [0, 0.05) is 11.8 Å². The molecule has 2 aliphatic rings. The van der Waals surface area contributed by atoms with Crippen LogP contribution < -0.4 is 19.7 Å². The first-order valence-electron chi connectivity index (χ1n) is 10.3. The first-order chi connectivity index (χ1) is 15.8. The van der Waals surface area contributed by atoms with Crippen molar-refractivity contribution in [3.05, 3.63) is 90.5 Å². The van der Waals surface area contributed by atoms with Crippen molar-refractivity contribution >= 4 is 17.3 Å². The van der Waals surface area contributed by atoms with E-state index in [1.165, 1.54) is 6.33 Å². The van der Waals surface area contributed by atoms with E-state index in [4.69, 9.17) is 9.47 Å². The minimum Gasteiger partial charge on any atom is -0.486 e. The summed E-state index contributed by atoms with van der Waals surface area (Å²) in [7, 11) is 0. The molecule has 1 aromatic heterocycles. The maximum absolute atomic E-state index is 13.6. The van der Waals surface area contributed by atoms with Gasteiger partial charge in [0.05, 0.1) is 16.9 Å². The molecule has 6 rings (SSSR count). The van der Waals surface area contributed by atoms with Crippen LogP contribution in [-0.4, -0.2) is 33.9 Å². The lowest BCUT2D eigenvalue weighted by molar-refractivity contribution is 0.0974. The van der Waals surface area contributed by atoms with Gasteiger partial charge in [0.1, 0.15) is 32.0 Å². The summed E-state index contributed by atoms with van der Waals surface area (Å²) >= 11 is 0. The standard InChI is InChI=1S/C24H19N5O3/c30-24-19-3-1-2-4-20(19)27-23(16-5-7-17(8-6-16)28-15-25-14-26-28)29(24)18-9-10-21-22(13-18)32-12-11-31-21/h1-10,13-15,23,27H,11-12H2. The summed E-state index contributed by atoms with van der Waals surface area (Å²) < 4.78 is 13.1. The van der Waals surface area contributed by atoms with Gasteiger partial charge in [-0.2, -0.15) is 5.10 Å². The van der Waals surface area contributed by atoms with Gasteiger partial charge in [0.2, 0.25) is 0 Å². The molecule has 0 fully saturated rings. The van der Waals surface area contributed by atoms with Crippen LogP contribution in [0, 0.1) is 0 Å². The van der Waals surface area contributed by atoms with Gasteiger partial charge in [0.15, 0.2) is 11.5 Å². The first-order valence-corrected chi connectivity index (χ1v) is 10.3. The van der Waals surface area contributed by atoms with Crippen LogP contribution in [-0.2, 0) is 0 Å². The van der Waals surface area contributed by atoms with Crippen LogP contribution in [0.3, 0.4) is 0 Å².